The van der Waals surface area contributed by atoms with Crippen LogP contribution in [0.25, 0.3) is 11.8 Å². The van der Waals surface area contributed by atoms with Gasteiger partial charge in [0.1, 0.15) is 17.5 Å². The molecule has 236 valence electrons. The van der Waals surface area contributed by atoms with Crippen molar-refractivity contribution in [3.63, 3.8) is 0 Å². The molecule has 1 amide bonds. The molecule has 5 rings (SSSR count). The first kappa shape index (κ1) is 31.8. The zero-order valence-corrected chi connectivity index (χ0v) is 28.3. The van der Waals surface area contributed by atoms with Crippen LogP contribution in [-0.2, 0) is 4.79 Å². The molecule has 2 aromatic heterocycles. The maximum atomic E-state index is 14.4. The molecule has 1 aliphatic rings. The summed E-state index contributed by atoms with van der Waals surface area (Å²) in [5.74, 6) is 0.997. The Balaban J connectivity index is 1.71. The molecule has 0 aliphatic carbocycles. The van der Waals surface area contributed by atoms with Crippen molar-refractivity contribution >= 4 is 29.0 Å². The van der Waals surface area contributed by atoms with Crippen LogP contribution in [0.2, 0.25) is 0 Å². The van der Waals surface area contributed by atoms with Crippen LogP contribution < -0.4 is 29.3 Å². The summed E-state index contributed by atoms with van der Waals surface area (Å²) in [7, 11) is 7.22. The summed E-state index contributed by atoms with van der Waals surface area (Å²) in [6.07, 6.45) is 1.93. The SMILES string of the molecule is CCN(CC)C(=O)C1=C(C)N=c2s/c(=C\c3cc(C)n(-c4ccc(N(C)C)cc4)c3C)c(=O)n2[C@H]1c1cc(OC)ccc1OC. The number of carbonyl (C=O) groups is 1. The fraction of sp³-hybridized carbons (Fsp3) is 0.343. The van der Waals surface area contributed by atoms with Gasteiger partial charge in [-0.15, -0.1) is 0 Å². The first-order valence-corrected chi connectivity index (χ1v) is 15.9. The number of fused-ring (bicyclic) bond motifs is 1. The zero-order chi connectivity index (χ0) is 32.6. The predicted octanol–water partition coefficient (Wildman–Crippen LogP) is 4.59. The number of rotatable bonds is 9. The van der Waals surface area contributed by atoms with Crippen molar-refractivity contribution in [1.29, 1.82) is 0 Å². The Labute approximate surface area is 268 Å². The number of aryl methyl sites for hydroxylation is 1. The molecule has 45 heavy (non-hydrogen) atoms. The van der Waals surface area contributed by atoms with Crippen molar-refractivity contribution in [1.82, 2.24) is 14.0 Å². The second-order valence-corrected chi connectivity index (χ2v) is 12.2. The number of amides is 1. The van der Waals surface area contributed by atoms with Crippen LogP contribution in [0, 0.1) is 13.8 Å². The van der Waals surface area contributed by atoms with Crippen LogP contribution in [-0.4, -0.2) is 61.3 Å². The molecule has 0 fully saturated rings. The van der Waals surface area contributed by atoms with Crippen molar-refractivity contribution in [3.8, 4) is 17.2 Å². The molecular formula is C35H41N5O4S. The van der Waals surface area contributed by atoms with E-state index in [1.54, 1.807) is 35.8 Å². The number of allylic oxidation sites excluding steroid dienone is 1. The Morgan fingerprint density at radius 2 is 1.69 bits per heavy atom. The van der Waals surface area contributed by atoms with Crippen LogP contribution >= 0.6 is 11.3 Å². The van der Waals surface area contributed by atoms with Gasteiger partial charge < -0.3 is 23.8 Å². The maximum absolute atomic E-state index is 14.4. The topological polar surface area (TPSA) is 81.3 Å². The normalized spacial score (nSPS) is 14.7. The van der Waals surface area contributed by atoms with Gasteiger partial charge in [-0.25, -0.2) is 4.99 Å². The second kappa shape index (κ2) is 12.8. The van der Waals surface area contributed by atoms with Gasteiger partial charge in [0.2, 0.25) is 0 Å². The summed E-state index contributed by atoms with van der Waals surface area (Å²) in [6, 6.07) is 15.2. The summed E-state index contributed by atoms with van der Waals surface area (Å²) < 4.78 is 15.7. The molecule has 0 saturated heterocycles. The molecular weight excluding hydrogens is 586 g/mol. The van der Waals surface area contributed by atoms with E-state index in [1.165, 1.54) is 11.3 Å². The fourth-order valence-electron chi connectivity index (χ4n) is 6.00. The summed E-state index contributed by atoms with van der Waals surface area (Å²) in [5, 5.41) is 0. The molecule has 0 bridgehead atoms. The van der Waals surface area contributed by atoms with Crippen molar-refractivity contribution in [2.45, 2.75) is 40.7 Å². The van der Waals surface area contributed by atoms with Gasteiger partial charge in [-0.2, -0.15) is 0 Å². The number of anilines is 1. The Morgan fingerprint density at radius 3 is 2.29 bits per heavy atom. The molecule has 0 spiro atoms. The average molecular weight is 628 g/mol. The third kappa shape index (κ3) is 5.70. The van der Waals surface area contributed by atoms with Crippen molar-refractivity contribution < 1.29 is 14.3 Å². The number of methoxy groups -OCH3 is 2. The Hall–Kier alpha value is -4.57. The molecule has 9 nitrogen and oxygen atoms in total. The number of carbonyl (C=O) groups excluding carboxylic acids is 1. The Kier molecular flexibility index (Phi) is 9.06. The predicted molar refractivity (Wildman–Crippen MR) is 181 cm³/mol. The Bertz CT molecular complexity index is 1960. The van der Waals surface area contributed by atoms with E-state index in [2.05, 4.69) is 53.6 Å². The average Bonchev–Trinajstić information content (AvgIpc) is 3.49. The molecule has 0 radical (unpaired) electrons. The van der Waals surface area contributed by atoms with Crippen LogP contribution in [0.1, 0.15) is 49.3 Å². The third-order valence-electron chi connectivity index (χ3n) is 8.42. The minimum absolute atomic E-state index is 0.158. The summed E-state index contributed by atoms with van der Waals surface area (Å²) in [4.78, 5) is 37.6. The summed E-state index contributed by atoms with van der Waals surface area (Å²) in [5.41, 5.74) is 6.68. The van der Waals surface area contributed by atoms with Crippen LogP contribution in [0.5, 0.6) is 11.5 Å². The lowest BCUT2D eigenvalue weighted by Gasteiger charge is -2.30. The Morgan fingerprint density at radius 1 is 1.00 bits per heavy atom. The van der Waals surface area contributed by atoms with Crippen molar-refractivity contribution in [2.75, 3.05) is 46.3 Å². The monoisotopic (exact) mass is 627 g/mol. The molecule has 1 atom stereocenters. The molecule has 3 heterocycles. The van der Waals surface area contributed by atoms with E-state index >= 15 is 0 Å². The van der Waals surface area contributed by atoms with Crippen molar-refractivity contribution in [2.24, 2.45) is 4.99 Å². The number of hydrogen-bond acceptors (Lipinski definition) is 7. The number of ether oxygens (including phenoxy) is 2. The summed E-state index contributed by atoms with van der Waals surface area (Å²) in [6.45, 7) is 10.9. The van der Waals surface area contributed by atoms with E-state index < -0.39 is 6.04 Å². The maximum Gasteiger partial charge on any atom is 0.271 e. The first-order chi connectivity index (χ1) is 21.5. The third-order valence-corrected chi connectivity index (χ3v) is 9.40. The highest BCUT2D eigenvalue weighted by Gasteiger charge is 2.36. The highest BCUT2D eigenvalue weighted by molar-refractivity contribution is 7.07. The lowest BCUT2D eigenvalue weighted by Crippen LogP contribution is -2.43. The van der Waals surface area contributed by atoms with E-state index in [0.29, 0.717) is 50.8 Å². The zero-order valence-electron chi connectivity index (χ0n) is 27.5. The van der Waals surface area contributed by atoms with Crippen molar-refractivity contribution in [3.05, 3.63) is 102 Å². The molecule has 0 N–H and O–H groups in total. The number of benzene rings is 2. The number of nitrogens with zero attached hydrogens (tertiary/aromatic N) is 5. The highest BCUT2D eigenvalue weighted by atomic mass is 32.1. The molecule has 2 aromatic carbocycles. The van der Waals surface area contributed by atoms with E-state index in [9.17, 15) is 9.59 Å². The molecule has 10 heteroatoms. The number of thiazole rings is 1. The quantitative estimate of drug-likeness (QED) is 0.271. The van der Waals surface area contributed by atoms with Crippen LogP contribution in [0.4, 0.5) is 5.69 Å². The van der Waals surface area contributed by atoms with E-state index in [0.717, 1.165) is 28.3 Å². The van der Waals surface area contributed by atoms with Crippen LogP contribution in [0.15, 0.2) is 69.6 Å². The van der Waals surface area contributed by atoms with E-state index in [-0.39, 0.29) is 11.5 Å². The van der Waals surface area contributed by atoms with Gasteiger partial charge in [-0.1, -0.05) is 11.3 Å². The van der Waals surface area contributed by atoms with Gasteiger partial charge in [-0.3, -0.25) is 14.2 Å². The van der Waals surface area contributed by atoms with Crippen LogP contribution in [0.3, 0.4) is 0 Å². The highest BCUT2D eigenvalue weighted by Crippen LogP contribution is 2.38. The number of likely N-dealkylation sites (N-methyl/N-ethyl adjacent to an activating group) is 1. The van der Waals surface area contributed by atoms with Gasteiger partial charge in [0.25, 0.3) is 11.5 Å². The van der Waals surface area contributed by atoms with Gasteiger partial charge in [0.05, 0.1) is 30.0 Å². The van der Waals surface area contributed by atoms with Gasteiger partial charge in [0.15, 0.2) is 4.80 Å². The minimum atomic E-state index is -0.746. The molecule has 1 aliphatic heterocycles. The number of aromatic nitrogens is 2. The second-order valence-electron chi connectivity index (χ2n) is 11.2. The molecule has 0 saturated carbocycles. The standard InChI is InChI=1S/C35H41N5O4S/c1-10-38(11-2)34(42)31-22(4)36-35-40(32(31)28-20-27(43-8)16-17-29(28)44-9)33(41)30(45-35)19-24-18-21(3)39(23(24)5)26-14-12-25(13-15-26)37(6)7/h12-20,32H,10-11H2,1-9H3/b30-19-/t32-/m0/s1. The van der Waals surface area contributed by atoms with Gasteiger partial charge in [-0.05, 0) is 94.8 Å². The fourth-order valence-corrected chi connectivity index (χ4v) is 7.03. The summed E-state index contributed by atoms with van der Waals surface area (Å²) >= 11 is 1.32. The molecule has 4 aromatic rings. The molecule has 0 unspecified atom stereocenters. The number of hydrogen-bond donors (Lipinski definition) is 0. The smallest absolute Gasteiger partial charge is 0.271 e. The van der Waals surface area contributed by atoms with Gasteiger partial charge in [0, 0.05) is 55.5 Å². The minimum Gasteiger partial charge on any atom is -0.497 e. The van der Waals surface area contributed by atoms with E-state index in [1.807, 2.05) is 47.0 Å². The lowest BCUT2D eigenvalue weighted by atomic mass is 9.93. The lowest BCUT2D eigenvalue weighted by molar-refractivity contribution is -0.127. The van der Waals surface area contributed by atoms with Gasteiger partial charge >= 0.3 is 0 Å². The van der Waals surface area contributed by atoms with E-state index in [4.69, 9.17) is 14.5 Å². The first-order valence-electron chi connectivity index (χ1n) is 15.0. The largest absolute Gasteiger partial charge is 0.497 e.